The lowest BCUT2D eigenvalue weighted by atomic mass is 10.0. The molecule has 0 aromatic carbocycles. The average Bonchev–Trinajstić information content (AvgIpc) is 2.53. The molecule has 25 heavy (non-hydrogen) atoms. The van der Waals surface area contributed by atoms with Crippen molar-refractivity contribution in [1.82, 2.24) is 0 Å². The zero-order valence-corrected chi connectivity index (χ0v) is 17.4. The van der Waals surface area contributed by atoms with Gasteiger partial charge in [0.1, 0.15) is 0 Å². The Labute approximate surface area is 156 Å². The van der Waals surface area contributed by atoms with Gasteiger partial charge in [-0.05, 0) is 46.6 Å². The van der Waals surface area contributed by atoms with Crippen LogP contribution in [0.1, 0.15) is 105 Å². The maximum atomic E-state index is 12.1. The fraction of sp³-hybridized carbons (Fsp3) is 0.696. The molecule has 0 rings (SSSR count). The predicted octanol–water partition coefficient (Wildman–Crippen LogP) is 7.66. The van der Waals surface area contributed by atoms with Crippen LogP contribution in [0.5, 0.6) is 0 Å². The molecule has 0 amide bonds. The van der Waals surface area contributed by atoms with E-state index in [1.165, 1.54) is 69.8 Å². The molecule has 0 fully saturated rings. The van der Waals surface area contributed by atoms with Crippen LogP contribution in [-0.4, -0.2) is 5.97 Å². The van der Waals surface area contributed by atoms with Gasteiger partial charge in [-0.15, -0.1) is 0 Å². The van der Waals surface area contributed by atoms with Gasteiger partial charge in [-0.3, -0.25) is 0 Å². The lowest BCUT2D eigenvalue weighted by Gasteiger charge is -2.08. The second-order valence-corrected chi connectivity index (χ2v) is 7.43. The number of ether oxygens (including phenoxy) is 1. The molecule has 0 heterocycles. The molecule has 0 aliphatic heterocycles. The van der Waals surface area contributed by atoms with E-state index in [-0.39, 0.29) is 5.97 Å². The Morgan fingerprint density at radius 2 is 1.32 bits per heavy atom. The summed E-state index contributed by atoms with van der Waals surface area (Å²) in [4.78, 5) is 12.1. The van der Waals surface area contributed by atoms with Crippen molar-refractivity contribution in [2.45, 2.75) is 105 Å². The summed E-state index contributed by atoms with van der Waals surface area (Å²) in [6, 6.07) is 0. The van der Waals surface area contributed by atoms with Gasteiger partial charge in [0.15, 0.2) is 0 Å². The number of rotatable bonds is 14. The van der Waals surface area contributed by atoms with Gasteiger partial charge in [0.05, 0.1) is 11.3 Å². The Morgan fingerprint density at radius 1 is 0.840 bits per heavy atom. The number of carbonyl (C=O) groups excluding carboxylic acids is 1. The van der Waals surface area contributed by atoms with E-state index in [0.717, 1.165) is 12.0 Å². The maximum absolute atomic E-state index is 12.1. The monoisotopic (exact) mass is 348 g/mol. The second-order valence-electron chi connectivity index (χ2n) is 7.43. The highest BCUT2D eigenvalue weighted by atomic mass is 16.5. The molecular weight excluding hydrogens is 308 g/mol. The largest absolute Gasteiger partial charge is 0.428 e. The normalized spacial score (nSPS) is 11.3. The van der Waals surface area contributed by atoms with E-state index in [2.05, 4.69) is 20.4 Å². The van der Waals surface area contributed by atoms with Crippen LogP contribution < -0.4 is 0 Å². The summed E-state index contributed by atoms with van der Waals surface area (Å²) < 4.78 is 5.14. The van der Waals surface area contributed by atoms with E-state index < -0.39 is 0 Å². The Kier molecular flexibility index (Phi) is 14.2. The Morgan fingerprint density at radius 3 is 1.76 bits per heavy atom. The van der Waals surface area contributed by atoms with Crippen molar-refractivity contribution in [3.63, 3.8) is 0 Å². The van der Waals surface area contributed by atoms with Gasteiger partial charge in [-0.1, -0.05) is 82.4 Å². The summed E-state index contributed by atoms with van der Waals surface area (Å²) >= 11 is 0. The summed E-state index contributed by atoms with van der Waals surface area (Å²) in [6.45, 7) is 13.6. The van der Waals surface area contributed by atoms with Crippen LogP contribution >= 0.6 is 0 Å². The van der Waals surface area contributed by atoms with Gasteiger partial charge in [-0.2, -0.15) is 0 Å². The van der Waals surface area contributed by atoms with Crippen LogP contribution in [0.2, 0.25) is 0 Å². The minimum absolute atomic E-state index is 0.296. The minimum Gasteiger partial charge on any atom is -0.428 e. The second kappa shape index (κ2) is 15.0. The molecule has 0 N–H and O–H groups in total. The fourth-order valence-corrected chi connectivity index (χ4v) is 2.83. The average molecular weight is 349 g/mol. The van der Waals surface area contributed by atoms with Crippen LogP contribution in [0.15, 0.2) is 35.1 Å². The van der Waals surface area contributed by atoms with E-state index in [1.807, 2.05) is 19.9 Å². The van der Waals surface area contributed by atoms with Crippen LogP contribution in [0.4, 0.5) is 0 Å². The number of carbonyl (C=O) groups is 1. The van der Waals surface area contributed by atoms with Crippen molar-refractivity contribution in [3.05, 3.63) is 35.1 Å². The van der Waals surface area contributed by atoms with Gasteiger partial charge in [0, 0.05) is 0 Å². The van der Waals surface area contributed by atoms with Crippen LogP contribution in [-0.2, 0) is 9.53 Å². The summed E-state index contributed by atoms with van der Waals surface area (Å²) in [5, 5.41) is 0. The smallest absolute Gasteiger partial charge is 0.343 e. The number of hydrogen-bond donors (Lipinski definition) is 0. The molecule has 0 bridgehead atoms. The molecule has 0 saturated heterocycles. The van der Waals surface area contributed by atoms with Crippen molar-refractivity contribution in [3.8, 4) is 0 Å². The Balaban J connectivity index is 4.01. The summed E-state index contributed by atoms with van der Waals surface area (Å²) in [5.41, 5.74) is 2.88. The third-order valence-electron chi connectivity index (χ3n) is 4.34. The molecule has 0 saturated carbocycles. The summed E-state index contributed by atoms with van der Waals surface area (Å²) in [6.07, 6.45) is 16.5. The summed E-state index contributed by atoms with van der Waals surface area (Å²) in [7, 11) is 0. The van der Waals surface area contributed by atoms with Crippen molar-refractivity contribution in [2.24, 2.45) is 0 Å². The topological polar surface area (TPSA) is 26.3 Å². The van der Waals surface area contributed by atoms with E-state index >= 15 is 0 Å². The molecule has 144 valence electrons. The van der Waals surface area contributed by atoms with Crippen molar-refractivity contribution in [2.75, 3.05) is 0 Å². The summed E-state index contributed by atoms with van der Waals surface area (Å²) in [5.74, 6) is 0.138. The number of allylic oxidation sites excluding steroid dienone is 3. The first-order chi connectivity index (χ1) is 11.9. The zero-order chi connectivity index (χ0) is 19.1. The molecule has 0 aromatic rings. The van der Waals surface area contributed by atoms with E-state index in [4.69, 9.17) is 4.74 Å². The van der Waals surface area contributed by atoms with Gasteiger partial charge in [0.25, 0.3) is 0 Å². The first-order valence-electron chi connectivity index (χ1n) is 10.1. The SMILES string of the molecule is C=C(C)OC(=O)C(/C=C(\C)CCCCCCCCCCCC)=C(C)C. The maximum Gasteiger partial charge on any atom is 0.343 e. The standard InChI is InChI=1S/C23H40O2/c1-7-8-9-10-11-12-13-14-15-16-17-21(6)18-22(19(2)3)23(24)25-20(4)5/h18H,4,7-17H2,1-3,5-6H3/b21-18+. The molecular formula is C23H40O2. The Hall–Kier alpha value is -1.31. The predicted molar refractivity (Wildman–Crippen MR) is 109 cm³/mol. The van der Waals surface area contributed by atoms with Gasteiger partial charge in [0.2, 0.25) is 0 Å². The third kappa shape index (κ3) is 13.6. The Bertz CT molecular complexity index is 451. The molecule has 0 aromatic heterocycles. The van der Waals surface area contributed by atoms with Gasteiger partial charge < -0.3 is 4.74 Å². The molecule has 0 unspecified atom stereocenters. The van der Waals surface area contributed by atoms with Gasteiger partial charge >= 0.3 is 5.97 Å². The van der Waals surface area contributed by atoms with E-state index in [9.17, 15) is 4.79 Å². The zero-order valence-electron chi connectivity index (χ0n) is 17.4. The minimum atomic E-state index is -0.296. The fourth-order valence-electron chi connectivity index (χ4n) is 2.83. The highest BCUT2D eigenvalue weighted by Gasteiger charge is 2.11. The molecule has 0 aliphatic rings. The van der Waals surface area contributed by atoms with Crippen molar-refractivity contribution in [1.29, 1.82) is 0 Å². The molecule has 0 atom stereocenters. The highest BCUT2D eigenvalue weighted by molar-refractivity contribution is 5.93. The molecule has 0 radical (unpaired) electrons. The third-order valence-corrected chi connectivity index (χ3v) is 4.34. The van der Waals surface area contributed by atoms with E-state index in [0.29, 0.717) is 11.3 Å². The molecule has 0 spiro atoms. The van der Waals surface area contributed by atoms with Crippen LogP contribution in [0, 0.1) is 0 Å². The van der Waals surface area contributed by atoms with Crippen molar-refractivity contribution >= 4 is 5.97 Å². The lowest BCUT2D eigenvalue weighted by molar-refractivity contribution is -0.134. The molecule has 2 nitrogen and oxygen atoms in total. The quantitative estimate of drug-likeness (QED) is 0.106. The first-order valence-corrected chi connectivity index (χ1v) is 10.1. The number of esters is 1. The molecule has 0 aliphatic carbocycles. The molecule has 2 heteroatoms. The highest BCUT2D eigenvalue weighted by Crippen LogP contribution is 2.17. The first kappa shape index (κ1) is 23.7. The van der Waals surface area contributed by atoms with E-state index in [1.54, 1.807) is 6.92 Å². The van der Waals surface area contributed by atoms with Crippen LogP contribution in [0.3, 0.4) is 0 Å². The lowest BCUT2D eigenvalue weighted by Crippen LogP contribution is -2.06. The van der Waals surface area contributed by atoms with Gasteiger partial charge in [-0.25, -0.2) is 4.79 Å². The van der Waals surface area contributed by atoms with Crippen molar-refractivity contribution < 1.29 is 9.53 Å². The van der Waals surface area contributed by atoms with Crippen LogP contribution in [0.25, 0.3) is 0 Å². The number of unbranched alkanes of at least 4 members (excludes halogenated alkanes) is 9. The number of hydrogen-bond acceptors (Lipinski definition) is 2.